The summed E-state index contributed by atoms with van der Waals surface area (Å²) in [5.74, 6) is -0.411. The molecule has 10 heavy (non-hydrogen) atoms. The minimum absolute atomic E-state index is 0.0151. The molecule has 4 heteroatoms. The first-order chi connectivity index (χ1) is 4.66. The van der Waals surface area contributed by atoms with E-state index in [4.69, 9.17) is 5.73 Å². The summed E-state index contributed by atoms with van der Waals surface area (Å²) in [6.45, 7) is 0.313. The number of ketones is 1. The third-order valence-corrected chi connectivity index (χ3v) is 1.02. The van der Waals surface area contributed by atoms with Crippen molar-refractivity contribution in [1.82, 2.24) is 5.32 Å². The van der Waals surface area contributed by atoms with Gasteiger partial charge in [0.25, 0.3) is 0 Å². The van der Waals surface area contributed by atoms with E-state index in [1.807, 2.05) is 0 Å². The molecule has 0 bridgehead atoms. The predicted molar refractivity (Wildman–Crippen MR) is 37.4 cm³/mol. The zero-order valence-corrected chi connectivity index (χ0v) is 6.02. The average Bonchev–Trinajstić information content (AvgIpc) is 1.85. The first kappa shape index (κ1) is 9.10. The van der Waals surface area contributed by atoms with Crippen LogP contribution in [0.15, 0.2) is 0 Å². The third kappa shape index (κ3) is 5.24. The number of nitrogens with one attached hydrogen (secondary N) is 1. The number of hydrogen-bond donors (Lipinski definition) is 2. The number of primary amides is 1. The Labute approximate surface area is 59.8 Å². The summed E-state index contributed by atoms with van der Waals surface area (Å²) in [7, 11) is 1.68. The Hall–Kier alpha value is -0.900. The maximum Gasteiger partial charge on any atom is 0.217 e. The topological polar surface area (TPSA) is 72.2 Å². The average molecular weight is 144 g/mol. The van der Waals surface area contributed by atoms with Gasteiger partial charge in [-0.1, -0.05) is 0 Å². The summed E-state index contributed by atoms with van der Waals surface area (Å²) in [5.41, 5.74) is 4.83. The molecule has 0 aromatic carbocycles. The Kier molecular flexibility index (Phi) is 4.49. The van der Waals surface area contributed by atoms with Gasteiger partial charge in [-0.25, -0.2) is 0 Å². The molecule has 0 radical (unpaired) electrons. The van der Waals surface area contributed by atoms with Gasteiger partial charge in [-0.15, -0.1) is 0 Å². The Bertz CT molecular complexity index is 134. The Morgan fingerprint density at radius 2 is 2.00 bits per heavy atom. The number of carbonyl (C=O) groups excluding carboxylic acids is 2. The maximum absolute atomic E-state index is 10.7. The second kappa shape index (κ2) is 4.93. The molecule has 4 nitrogen and oxygen atoms in total. The van der Waals surface area contributed by atoms with Gasteiger partial charge in [0.1, 0.15) is 5.78 Å². The van der Waals surface area contributed by atoms with E-state index in [9.17, 15) is 9.59 Å². The van der Waals surface area contributed by atoms with E-state index in [0.717, 1.165) is 0 Å². The van der Waals surface area contributed by atoms with Gasteiger partial charge in [-0.2, -0.15) is 0 Å². The number of hydrogen-bond acceptors (Lipinski definition) is 3. The van der Waals surface area contributed by atoms with Gasteiger partial charge >= 0.3 is 0 Å². The lowest BCUT2D eigenvalue weighted by Gasteiger charge is -1.95. The monoisotopic (exact) mass is 144 g/mol. The fourth-order valence-corrected chi connectivity index (χ4v) is 0.548. The van der Waals surface area contributed by atoms with Crippen LogP contribution >= 0.6 is 0 Å². The highest BCUT2D eigenvalue weighted by Gasteiger charge is 2.01. The van der Waals surface area contributed by atoms with Gasteiger partial charge < -0.3 is 11.1 Å². The highest BCUT2D eigenvalue weighted by Crippen LogP contribution is 1.87. The molecular formula is C6H12N2O2. The molecule has 0 spiro atoms. The molecule has 0 saturated heterocycles. The van der Waals surface area contributed by atoms with Crippen LogP contribution in [0.2, 0.25) is 0 Å². The van der Waals surface area contributed by atoms with Crippen LogP contribution in [0.3, 0.4) is 0 Å². The fraction of sp³-hybridized carbons (Fsp3) is 0.667. The molecule has 0 heterocycles. The highest BCUT2D eigenvalue weighted by atomic mass is 16.1. The quantitative estimate of drug-likeness (QED) is 0.522. The molecule has 58 valence electrons. The van der Waals surface area contributed by atoms with Crippen molar-refractivity contribution >= 4 is 11.7 Å². The van der Waals surface area contributed by atoms with Gasteiger partial charge in [-0.05, 0) is 7.05 Å². The Morgan fingerprint density at radius 3 is 2.40 bits per heavy atom. The molecule has 0 atom stereocenters. The van der Waals surface area contributed by atoms with Crippen molar-refractivity contribution in [3.63, 3.8) is 0 Å². The molecule has 1 amide bonds. The zero-order valence-electron chi connectivity index (χ0n) is 6.02. The number of nitrogens with two attached hydrogens (primary N) is 1. The molecule has 0 rings (SSSR count). The standard InChI is InChI=1S/C6H12N2O2/c1-8-4-5(9)2-3-6(7)10/h8H,2-4H2,1H3,(H2,7,10). The van der Waals surface area contributed by atoms with E-state index >= 15 is 0 Å². The van der Waals surface area contributed by atoms with Crippen LogP contribution in [0, 0.1) is 0 Å². The molecule has 0 aliphatic carbocycles. The number of likely N-dealkylation sites (N-methyl/N-ethyl adjacent to an activating group) is 1. The van der Waals surface area contributed by atoms with Gasteiger partial charge in [0.15, 0.2) is 0 Å². The molecule has 0 aliphatic rings. The molecule has 0 aliphatic heterocycles. The summed E-state index contributed by atoms with van der Waals surface area (Å²) in [5, 5.41) is 2.69. The normalized spacial score (nSPS) is 9.30. The van der Waals surface area contributed by atoms with Gasteiger partial charge in [0.05, 0.1) is 6.54 Å². The lowest BCUT2D eigenvalue weighted by molar-refractivity contribution is -0.123. The van der Waals surface area contributed by atoms with E-state index in [1.165, 1.54) is 0 Å². The SMILES string of the molecule is CNCC(=O)CCC(N)=O. The van der Waals surface area contributed by atoms with Gasteiger partial charge in [0, 0.05) is 12.8 Å². The van der Waals surface area contributed by atoms with Crippen molar-refractivity contribution < 1.29 is 9.59 Å². The van der Waals surface area contributed by atoms with Crippen LogP contribution in [0.25, 0.3) is 0 Å². The first-order valence-electron chi connectivity index (χ1n) is 3.11. The Morgan fingerprint density at radius 1 is 1.40 bits per heavy atom. The van der Waals surface area contributed by atoms with Crippen molar-refractivity contribution in [3.05, 3.63) is 0 Å². The van der Waals surface area contributed by atoms with E-state index in [2.05, 4.69) is 5.32 Å². The molecule has 3 N–H and O–H groups in total. The molecular weight excluding hydrogens is 132 g/mol. The van der Waals surface area contributed by atoms with Crippen LogP contribution in [-0.4, -0.2) is 25.3 Å². The molecule has 0 unspecified atom stereocenters. The van der Waals surface area contributed by atoms with E-state index in [1.54, 1.807) is 7.05 Å². The fourth-order valence-electron chi connectivity index (χ4n) is 0.548. The summed E-state index contributed by atoms with van der Waals surface area (Å²) in [6.07, 6.45) is 0.399. The third-order valence-electron chi connectivity index (χ3n) is 1.02. The summed E-state index contributed by atoms with van der Waals surface area (Å²) >= 11 is 0. The van der Waals surface area contributed by atoms with Crippen molar-refractivity contribution in [2.24, 2.45) is 5.73 Å². The van der Waals surface area contributed by atoms with Crippen molar-refractivity contribution in [1.29, 1.82) is 0 Å². The minimum atomic E-state index is -0.426. The second-order valence-electron chi connectivity index (χ2n) is 2.04. The largest absolute Gasteiger partial charge is 0.370 e. The summed E-state index contributed by atoms with van der Waals surface area (Å²) < 4.78 is 0. The van der Waals surface area contributed by atoms with Gasteiger partial charge in [-0.3, -0.25) is 9.59 Å². The van der Waals surface area contributed by atoms with Crippen molar-refractivity contribution in [3.8, 4) is 0 Å². The second-order valence-corrected chi connectivity index (χ2v) is 2.04. The molecule has 0 fully saturated rings. The molecule has 0 aromatic heterocycles. The van der Waals surface area contributed by atoms with Crippen LogP contribution in [0.4, 0.5) is 0 Å². The van der Waals surface area contributed by atoms with Crippen molar-refractivity contribution in [2.45, 2.75) is 12.8 Å². The number of carbonyl (C=O) groups is 2. The van der Waals surface area contributed by atoms with Gasteiger partial charge in [0.2, 0.25) is 5.91 Å². The predicted octanol–water partition coefficient (Wildman–Crippen LogP) is -0.960. The maximum atomic E-state index is 10.7. The molecule has 0 aromatic rings. The van der Waals surface area contributed by atoms with Crippen LogP contribution < -0.4 is 11.1 Å². The van der Waals surface area contributed by atoms with Crippen LogP contribution in [-0.2, 0) is 9.59 Å². The number of amides is 1. The van der Waals surface area contributed by atoms with E-state index in [-0.39, 0.29) is 18.6 Å². The summed E-state index contributed by atoms with van der Waals surface area (Å²) in [4.78, 5) is 20.8. The smallest absolute Gasteiger partial charge is 0.217 e. The lowest BCUT2D eigenvalue weighted by atomic mass is 10.2. The Balaban J connectivity index is 3.30. The lowest BCUT2D eigenvalue weighted by Crippen LogP contribution is -2.20. The first-order valence-corrected chi connectivity index (χ1v) is 3.11. The van der Waals surface area contributed by atoms with Crippen LogP contribution in [0.1, 0.15) is 12.8 Å². The van der Waals surface area contributed by atoms with Crippen molar-refractivity contribution in [2.75, 3.05) is 13.6 Å². The minimum Gasteiger partial charge on any atom is -0.370 e. The molecule has 0 saturated carbocycles. The number of rotatable bonds is 5. The van der Waals surface area contributed by atoms with E-state index in [0.29, 0.717) is 6.54 Å². The number of Topliss-reactive ketones (excluding diaryl/α,β-unsaturated/α-hetero) is 1. The highest BCUT2D eigenvalue weighted by molar-refractivity contribution is 5.85. The van der Waals surface area contributed by atoms with E-state index < -0.39 is 5.91 Å². The summed E-state index contributed by atoms with van der Waals surface area (Å²) in [6, 6.07) is 0. The van der Waals surface area contributed by atoms with Crippen LogP contribution in [0.5, 0.6) is 0 Å². The zero-order chi connectivity index (χ0) is 7.98.